The topological polar surface area (TPSA) is 57.5 Å². The quantitative estimate of drug-likeness (QED) is 0.724. The van der Waals surface area contributed by atoms with Gasteiger partial charge in [-0.1, -0.05) is 36.9 Å². The van der Waals surface area contributed by atoms with Crippen molar-refractivity contribution in [3.63, 3.8) is 0 Å². The molecule has 3 nitrogen and oxygen atoms in total. The van der Waals surface area contributed by atoms with E-state index in [0.717, 1.165) is 5.56 Å². The van der Waals surface area contributed by atoms with Crippen LogP contribution in [0.3, 0.4) is 0 Å². The minimum atomic E-state index is -0.818. The molecule has 0 aliphatic heterocycles. The Morgan fingerprint density at radius 1 is 1.25 bits per heavy atom. The predicted octanol–water partition coefficient (Wildman–Crippen LogP) is 2.53. The molecule has 1 aromatic carbocycles. The summed E-state index contributed by atoms with van der Waals surface area (Å²) in [7, 11) is 0. The fourth-order valence-electron chi connectivity index (χ4n) is 1.47. The van der Waals surface area contributed by atoms with Gasteiger partial charge in [-0.15, -0.1) is 0 Å². The number of carboxylic acid groups (broad SMARTS) is 1. The van der Waals surface area contributed by atoms with E-state index in [-0.39, 0.29) is 6.42 Å². The first kappa shape index (κ1) is 12.5. The summed E-state index contributed by atoms with van der Waals surface area (Å²) in [5, 5.41) is 18.4. The van der Waals surface area contributed by atoms with Gasteiger partial charge in [-0.2, -0.15) is 0 Å². The Morgan fingerprint density at radius 2 is 1.88 bits per heavy atom. The van der Waals surface area contributed by atoms with E-state index in [2.05, 4.69) is 6.58 Å². The average molecular weight is 220 g/mol. The van der Waals surface area contributed by atoms with Crippen LogP contribution < -0.4 is 0 Å². The Labute approximate surface area is 95.0 Å². The summed E-state index contributed by atoms with van der Waals surface area (Å²) < 4.78 is 0. The summed E-state index contributed by atoms with van der Waals surface area (Å²) >= 11 is 0. The smallest absolute Gasteiger partial charge is 0.303 e. The second kappa shape index (κ2) is 6.08. The number of hydrogen-bond donors (Lipinski definition) is 2. The molecule has 0 heterocycles. The first-order chi connectivity index (χ1) is 7.61. The van der Waals surface area contributed by atoms with Crippen LogP contribution in [0.2, 0.25) is 0 Å². The Morgan fingerprint density at radius 3 is 2.44 bits per heavy atom. The third kappa shape index (κ3) is 3.87. The Balaban J connectivity index is 2.45. The molecule has 0 spiro atoms. The molecule has 1 unspecified atom stereocenters. The molecule has 0 fully saturated rings. The highest BCUT2D eigenvalue weighted by Gasteiger charge is 2.11. The van der Waals surface area contributed by atoms with E-state index in [0.29, 0.717) is 18.4 Å². The van der Waals surface area contributed by atoms with E-state index in [1.54, 1.807) is 0 Å². The number of benzene rings is 1. The maximum atomic E-state index is 10.3. The molecule has 0 amide bonds. The highest BCUT2D eigenvalue weighted by atomic mass is 16.4. The molecule has 0 radical (unpaired) electrons. The van der Waals surface area contributed by atoms with E-state index in [1.165, 1.54) is 0 Å². The van der Waals surface area contributed by atoms with Crippen molar-refractivity contribution >= 4 is 5.97 Å². The van der Waals surface area contributed by atoms with Gasteiger partial charge < -0.3 is 10.2 Å². The second-order valence-corrected chi connectivity index (χ2v) is 3.72. The number of aliphatic carboxylic acids is 1. The van der Waals surface area contributed by atoms with Gasteiger partial charge in [0.1, 0.15) is 0 Å². The van der Waals surface area contributed by atoms with Crippen LogP contribution in [-0.2, 0) is 4.79 Å². The van der Waals surface area contributed by atoms with E-state index >= 15 is 0 Å². The van der Waals surface area contributed by atoms with Gasteiger partial charge in [0.05, 0.1) is 6.10 Å². The Kier molecular flexibility index (Phi) is 4.73. The average Bonchev–Trinajstić information content (AvgIpc) is 2.28. The summed E-state index contributed by atoms with van der Waals surface area (Å²) in [6.07, 6.45) is 0.455. The first-order valence-corrected chi connectivity index (χ1v) is 5.23. The molecule has 0 saturated carbocycles. The summed E-state index contributed by atoms with van der Waals surface area (Å²) in [6, 6.07) is 9.23. The van der Waals surface area contributed by atoms with E-state index < -0.39 is 12.1 Å². The number of hydrogen-bond acceptors (Lipinski definition) is 2. The fraction of sp³-hybridized carbons (Fsp3) is 0.308. The van der Waals surface area contributed by atoms with Crippen LogP contribution in [0.4, 0.5) is 0 Å². The van der Waals surface area contributed by atoms with Crippen LogP contribution in [-0.4, -0.2) is 16.2 Å². The molecule has 0 aromatic heterocycles. The van der Waals surface area contributed by atoms with Gasteiger partial charge in [0.15, 0.2) is 0 Å². The van der Waals surface area contributed by atoms with Crippen LogP contribution in [0.5, 0.6) is 0 Å². The van der Waals surface area contributed by atoms with Crippen molar-refractivity contribution in [2.75, 3.05) is 0 Å². The lowest BCUT2D eigenvalue weighted by molar-refractivity contribution is -0.137. The van der Waals surface area contributed by atoms with Crippen molar-refractivity contribution in [2.24, 2.45) is 0 Å². The minimum Gasteiger partial charge on any atom is -0.481 e. The van der Waals surface area contributed by atoms with E-state index in [4.69, 9.17) is 5.11 Å². The zero-order valence-corrected chi connectivity index (χ0v) is 9.10. The second-order valence-electron chi connectivity index (χ2n) is 3.72. The lowest BCUT2D eigenvalue weighted by Crippen LogP contribution is -2.02. The number of carboxylic acids is 1. The Hall–Kier alpha value is -1.61. The zero-order valence-electron chi connectivity index (χ0n) is 9.10. The molecule has 0 saturated heterocycles. The highest BCUT2D eigenvalue weighted by molar-refractivity contribution is 5.66. The molecule has 1 atom stereocenters. The number of aliphatic hydroxyl groups excluding tert-OH is 1. The standard InChI is InChI=1S/C13H16O3/c1-10(6-5-9-12(14)15)13(16)11-7-3-2-4-8-11/h2-4,7-8,13,16H,1,5-6,9H2,(H,14,15). The molecule has 0 aliphatic carbocycles. The van der Waals surface area contributed by atoms with E-state index in [1.807, 2.05) is 30.3 Å². The normalized spacial score (nSPS) is 12.1. The van der Waals surface area contributed by atoms with E-state index in [9.17, 15) is 9.90 Å². The van der Waals surface area contributed by atoms with Crippen molar-refractivity contribution in [3.8, 4) is 0 Å². The van der Waals surface area contributed by atoms with Gasteiger partial charge in [-0.3, -0.25) is 4.79 Å². The fourth-order valence-corrected chi connectivity index (χ4v) is 1.47. The van der Waals surface area contributed by atoms with Crippen molar-refractivity contribution in [3.05, 3.63) is 48.0 Å². The van der Waals surface area contributed by atoms with Crippen molar-refractivity contribution < 1.29 is 15.0 Å². The molecular weight excluding hydrogens is 204 g/mol. The van der Waals surface area contributed by atoms with Gasteiger partial charge in [-0.05, 0) is 24.0 Å². The van der Waals surface area contributed by atoms with Crippen molar-refractivity contribution in [1.29, 1.82) is 0 Å². The lowest BCUT2D eigenvalue weighted by atomic mass is 9.99. The lowest BCUT2D eigenvalue weighted by Gasteiger charge is -2.13. The van der Waals surface area contributed by atoms with Gasteiger partial charge in [0.2, 0.25) is 0 Å². The SMILES string of the molecule is C=C(CCCC(=O)O)C(O)c1ccccc1. The molecule has 16 heavy (non-hydrogen) atoms. The Bertz CT molecular complexity index is 357. The van der Waals surface area contributed by atoms with Crippen LogP contribution in [0, 0.1) is 0 Å². The van der Waals surface area contributed by atoms with Crippen LogP contribution in [0.1, 0.15) is 30.9 Å². The number of rotatable bonds is 6. The van der Waals surface area contributed by atoms with Gasteiger partial charge in [0.25, 0.3) is 0 Å². The molecule has 0 aliphatic rings. The summed E-state index contributed by atoms with van der Waals surface area (Å²) in [6.45, 7) is 3.78. The summed E-state index contributed by atoms with van der Waals surface area (Å²) in [4.78, 5) is 10.3. The third-order valence-corrected chi connectivity index (χ3v) is 2.39. The molecule has 0 bridgehead atoms. The minimum absolute atomic E-state index is 0.112. The largest absolute Gasteiger partial charge is 0.481 e. The van der Waals surface area contributed by atoms with Crippen LogP contribution >= 0.6 is 0 Å². The maximum Gasteiger partial charge on any atom is 0.303 e. The zero-order chi connectivity index (χ0) is 12.0. The molecular formula is C13H16O3. The molecule has 1 aromatic rings. The third-order valence-electron chi connectivity index (χ3n) is 2.39. The van der Waals surface area contributed by atoms with Gasteiger partial charge >= 0.3 is 5.97 Å². The monoisotopic (exact) mass is 220 g/mol. The molecule has 86 valence electrons. The number of carbonyl (C=O) groups is 1. The predicted molar refractivity (Wildman–Crippen MR) is 62.0 cm³/mol. The number of aliphatic hydroxyl groups is 1. The molecule has 2 N–H and O–H groups in total. The van der Waals surface area contributed by atoms with Gasteiger partial charge in [-0.25, -0.2) is 0 Å². The van der Waals surface area contributed by atoms with Crippen LogP contribution in [0.25, 0.3) is 0 Å². The van der Waals surface area contributed by atoms with Crippen molar-refractivity contribution in [1.82, 2.24) is 0 Å². The maximum absolute atomic E-state index is 10.3. The van der Waals surface area contributed by atoms with Crippen molar-refractivity contribution in [2.45, 2.75) is 25.4 Å². The van der Waals surface area contributed by atoms with Gasteiger partial charge in [0, 0.05) is 6.42 Å². The molecule has 3 heteroatoms. The summed E-state index contributed by atoms with van der Waals surface area (Å²) in [5.41, 5.74) is 1.45. The summed E-state index contributed by atoms with van der Waals surface area (Å²) in [5.74, 6) is -0.818. The molecule has 1 rings (SSSR count). The van der Waals surface area contributed by atoms with Crippen LogP contribution in [0.15, 0.2) is 42.5 Å². The highest BCUT2D eigenvalue weighted by Crippen LogP contribution is 2.23. The first-order valence-electron chi connectivity index (χ1n) is 5.23.